The maximum Gasteiger partial charge on any atom is 0.204 e. The molecule has 0 atom stereocenters. The second kappa shape index (κ2) is 7.96. The van der Waals surface area contributed by atoms with Crippen molar-refractivity contribution < 1.29 is 4.79 Å². The van der Waals surface area contributed by atoms with Crippen LogP contribution in [0, 0.1) is 6.92 Å². The smallest absolute Gasteiger partial charge is 0.204 e. The average Bonchev–Trinajstić information content (AvgIpc) is 3.20. The molecule has 0 radical (unpaired) electrons. The number of hydrogen-bond acceptors (Lipinski definition) is 3. The highest BCUT2D eigenvalue weighted by Gasteiger charge is 2.20. The van der Waals surface area contributed by atoms with Crippen molar-refractivity contribution in [3.63, 3.8) is 0 Å². The van der Waals surface area contributed by atoms with Crippen molar-refractivity contribution in [2.24, 2.45) is 0 Å². The first-order valence-electron chi connectivity index (χ1n) is 9.35. The van der Waals surface area contributed by atoms with Crippen LogP contribution in [0.5, 0.6) is 0 Å². The Morgan fingerprint density at radius 2 is 1.89 bits per heavy atom. The van der Waals surface area contributed by atoms with Gasteiger partial charge in [0.15, 0.2) is 0 Å². The molecule has 3 heterocycles. The zero-order valence-corrected chi connectivity index (χ0v) is 17.6. The summed E-state index contributed by atoms with van der Waals surface area (Å²) < 4.78 is 2.34. The van der Waals surface area contributed by atoms with Gasteiger partial charge in [0.1, 0.15) is 4.83 Å². The molecule has 1 fully saturated rings. The van der Waals surface area contributed by atoms with Gasteiger partial charge in [0.2, 0.25) is 5.78 Å². The van der Waals surface area contributed by atoms with Gasteiger partial charge >= 0.3 is 0 Å². The first-order valence-corrected chi connectivity index (χ1v) is 10.9. The van der Waals surface area contributed by atoms with Crippen molar-refractivity contribution in [2.45, 2.75) is 32.7 Å². The minimum Gasteiger partial charge on any atom is -0.335 e. The summed E-state index contributed by atoms with van der Waals surface area (Å²) in [5, 5.41) is 1.86. The molecule has 6 heteroatoms. The van der Waals surface area contributed by atoms with E-state index < -0.39 is 0 Å². The highest BCUT2D eigenvalue weighted by Crippen LogP contribution is 2.33. The largest absolute Gasteiger partial charge is 0.335 e. The van der Waals surface area contributed by atoms with Crippen molar-refractivity contribution >= 4 is 50.5 Å². The lowest BCUT2D eigenvalue weighted by molar-refractivity contribution is 0.104. The molecule has 1 aliphatic rings. The molecule has 4 rings (SSSR count). The molecule has 3 nitrogen and oxygen atoms in total. The van der Waals surface area contributed by atoms with Crippen molar-refractivity contribution in [3.05, 3.63) is 56.5 Å². The third kappa shape index (κ3) is 3.81. The summed E-state index contributed by atoms with van der Waals surface area (Å²) in [7, 11) is 0. The van der Waals surface area contributed by atoms with Crippen LogP contribution < -0.4 is 0 Å². The fourth-order valence-electron chi connectivity index (χ4n) is 3.80. The number of piperidine rings is 1. The molecule has 2 aromatic heterocycles. The molecule has 0 saturated carbocycles. The molecular formula is C21H22Cl2N2OS. The average molecular weight is 421 g/mol. The molecule has 1 aliphatic heterocycles. The van der Waals surface area contributed by atoms with E-state index in [1.54, 1.807) is 29.5 Å². The molecule has 0 unspecified atom stereocenters. The number of carbonyl (C=O) groups is 1. The number of ketones is 1. The lowest BCUT2D eigenvalue weighted by Crippen LogP contribution is -2.32. The summed E-state index contributed by atoms with van der Waals surface area (Å²) in [5.41, 5.74) is 1.71. The molecule has 1 saturated heterocycles. The van der Waals surface area contributed by atoms with Gasteiger partial charge in [0.25, 0.3) is 0 Å². The number of nitrogens with zero attached hydrogens (tertiary/aromatic N) is 2. The summed E-state index contributed by atoms with van der Waals surface area (Å²) in [4.78, 5) is 17.3. The van der Waals surface area contributed by atoms with Gasteiger partial charge in [-0.15, -0.1) is 11.3 Å². The van der Waals surface area contributed by atoms with Gasteiger partial charge in [0.05, 0.1) is 14.9 Å². The van der Waals surface area contributed by atoms with Crippen LogP contribution in [0.1, 0.15) is 40.2 Å². The number of likely N-dealkylation sites (tertiary alicyclic amines) is 1. The monoisotopic (exact) mass is 420 g/mol. The normalized spacial score (nSPS) is 15.5. The summed E-state index contributed by atoms with van der Waals surface area (Å²) in [6.07, 6.45) is 3.96. The molecule has 0 amide bonds. The quantitative estimate of drug-likeness (QED) is 0.470. The van der Waals surface area contributed by atoms with E-state index in [1.807, 2.05) is 6.07 Å². The third-order valence-electron chi connectivity index (χ3n) is 5.28. The topological polar surface area (TPSA) is 25.2 Å². The highest BCUT2D eigenvalue weighted by atomic mass is 35.5. The Kier molecular flexibility index (Phi) is 5.60. The Hall–Kier alpha value is -1.33. The molecular weight excluding hydrogens is 399 g/mol. The molecule has 3 aromatic rings. The summed E-state index contributed by atoms with van der Waals surface area (Å²) in [6.45, 7) is 6.56. The van der Waals surface area contributed by atoms with Crippen LogP contribution >= 0.6 is 34.5 Å². The standard InChI is InChI=1S/C21H22Cl2N2OS/c1-14-12-15-13-18(20(26)16-6-5-7-17(22)19(16)23)27-21(15)25(14)11-10-24-8-3-2-4-9-24/h5-7,12-13H,2-4,8-11H2,1H3. The van der Waals surface area contributed by atoms with Crippen LogP contribution in [0.15, 0.2) is 30.3 Å². The Labute approximate surface area is 173 Å². The number of rotatable bonds is 5. The number of benzene rings is 1. The van der Waals surface area contributed by atoms with Gasteiger partial charge < -0.3 is 9.47 Å². The van der Waals surface area contributed by atoms with Crippen LogP contribution in [0.3, 0.4) is 0 Å². The first kappa shape index (κ1) is 19.0. The predicted molar refractivity (Wildman–Crippen MR) is 115 cm³/mol. The number of aromatic nitrogens is 1. The molecule has 0 spiro atoms. The molecule has 0 aliphatic carbocycles. The van der Waals surface area contributed by atoms with Gasteiger partial charge in [-0.3, -0.25) is 4.79 Å². The highest BCUT2D eigenvalue weighted by molar-refractivity contribution is 7.20. The van der Waals surface area contributed by atoms with Crippen molar-refractivity contribution in [3.8, 4) is 0 Å². The second-order valence-electron chi connectivity index (χ2n) is 7.14. The Morgan fingerprint density at radius 1 is 1.11 bits per heavy atom. The van der Waals surface area contributed by atoms with E-state index in [9.17, 15) is 4.79 Å². The number of carbonyl (C=O) groups excluding carboxylic acids is 1. The number of fused-ring (bicyclic) bond motifs is 1. The van der Waals surface area contributed by atoms with E-state index in [2.05, 4.69) is 22.5 Å². The maximum absolute atomic E-state index is 12.9. The van der Waals surface area contributed by atoms with E-state index in [-0.39, 0.29) is 5.78 Å². The van der Waals surface area contributed by atoms with Gasteiger partial charge in [-0.2, -0.15) is 0 Å². The lowest BCUT2D eigenvalue weighted by Gasteiger charge is -2.26. The molecule has 0 N–H and O–H groups in total. The SMILES string of the molecule is Cc1cc2cc(C(=O)c3cccc(Cl)c3Cl)sc2n1CCN1CCCCC1. The van der Waals surface area contributed by atoms with Crippen LogP contribution in [0.25, 0.3) is 10.2 Å². The predicted octanol–water partition coefficient (Wildman–Crippen LogP) is 6.03. The lowest BCUT2D eigenvalue weighted by atomic mass is 10.1. The Bertz CT molecular complexity index is 986. The molecule has 27 heavy (non-hydrogen) atoms. The van der Waals surface area contributed by atoms with Gasteiger partial charge in [-0.1, -0.05) is 35.7 Å². The zero-order chi connectivity index (χ0) is 19.0. The molecule has 0 bridgehead atoms. The minimum atomic E-state index is -0.0658. The van der Waals surface area contributed by atoms with Crippen molar-refractivity contribution in [1.29, 1.82) is 0 Å². The molecule has 1 aromatic carbocycles. The van der Waals surface area contributed by atoms with Gasteiger partial charge in [-0.25, -0.2) is 0 Å². The van der Waals surface area contributed by atoms with Gasteiger partial charge in [0, 0.05) is 29.7 Å². The van der Waals surface area contributed by atoms with E-state index in [0.717, 1.165) is 23.3 Å². The maximum atomic E-state index is 12.9. The van der Waals surface area contributed by atoms with Crippen molar-refractivity contribution in [2.75, 3.05) is 19.6 Å². The van der Waals surface area contributed by atoms with Gasteiger partial charge in [-0.05, 0) is 57.1 Å². The van der Waals surface area contributed by atoms with E-state index in [4.69, 9.17) is 23.2 Å². The summed E-state index contributed by atoms with van der Waals surface area (Å²) in [5.74, 6) is -0.0658. The fraction of sp³-hybridized carbons (Fsp3) is 0.381. The summed E-state index contributed by atoms with van der Waals surface area (Å²) in [6, 6.07) is 9.33. The summed E-state index contributed by atoms with van der Waals surface area (Å²) >= 11 is 13.9. The number of thiophene rings is 1. The van der Waals surface area contributed by atoms with Crippen LogP contribution in [-0.4, -0.2) is 34.9 Å². The number of aryl methyl sites for hydroxylation is 1. The van der Waals surface area contributed by atoms with Crippen LogP contribution in [0.2, 0.25) is 10.0 Å². The van der Waals surface area contributed by atoms with Crippen molar-refractivity contribution in [1.82, 2.24) is 9.47 Å². The zero-order valence-electron chi connectivity index (χ0n) is 15.3. The van der Waals surface area contributed by atoms with E-state index in [1.165, 1.54) is 38.0 Å². The van der Waals surface area contributed by atoms with Crippen LogP contribution in [-0.2, 0) is 6.54 Å². The third-order valence-corrected chi connectivity index (χ3v) is 7.28. The second-order valence-corrected chi connectivity index (χ2v) is 8.96. The van der Waals surface area contributed by atoms with E-state index in [0.29, 0.717) is 20.5 Å². The van der Waals surface area contributed by atoms with Crippen LogP contribution in [0.4, 0.5) is 0 Å². The number of hydrogen-bond donors (Lipinski definition) is 0. The molecule has 142 valence electrons. The Balaban J connectivity index is 1.60. The first-order chi connectivity index (χ1) is 13.0. The number of halogens is 2. The minimum absolute atomic E-state index is 0.0658. The Morgan fingerprint density at radius 3 is 2.67 bits per heavy atom. The van der Waals surface area contributed by atoms with E-state index >= 15 is 0 Å². The fourth-order valence-corrected chi connectivity index (χ4v) is 5.36.